The molecule has 1 aromatic carbocycles. The Morgan fingerprint density at radius 1 is 1.20 bits per heavy atom. The zero-order chi connectivity index (χ0) is 10.8. The van der Waals surface area contributed by atoms with Crippen LogP contribution < -0.4 is 10.6 Å². The van der Waals surface area contributed by atoms with Crippen LogP contribution in [-0.4, -0.2) is 37.5 Å². The van der Waals surface area contributed by atoms with Crippen molar-refractivity contribution in [1.82, 2.24) is 4.90 Å². The first-order valence-corrected chi connectivity index (χ1v) is 5.01. The number of nitrogens with two attached hydrogens (primary N) is 1. The minimum Gasteiger partial charge on any atom is -0.399 e. The third-order valence-electron chi connectivity index (χ3n) is 2.72. The molecule has 1 saturated heterocycles. The molecule has 4 heteroatoms. The molecule has 0 atom stereocenters. The summed E-state index contributed by atoms with van der Waals surface area (Å²) in [6.07, 6.45) is 0. The molecule has 1 aliphatic heterocycles. The van der Waals surface area contributed by atoms with Crippen LogP contribution in [0.4, 0.5) is 11.4 Å². The first kappa shape index (κ1) is 9.83. The summed E-state index contributed by atoms with van der Waals surface area (Å²) in [6, 6.07) is 7.62. The van der Waals surface area contributed by atoms with Gasteiger partial charge in [0, 0.05) is 31.5 Å². The number of amides is 1. The normalized spacial score (nSPS) is 17.0. The Hall–Kier alpha value is -1.71. The van der Waals surface area contributed by atoms with E-state index in [0.29, 0.717) is 6.54 Å². The highest BCUT2D eigenvalue weighted by Gasteiger charge is 2.20. The van der Waals surface area contributed by atoms with Gasteiger partial charge in [0.25, 0.3) is 0 Å². The Bertz CT molecular complexity index is 361. The van der Waals surface area contributed by atoms with Gasteiger partial charge in [0.1, 0.15) is 0 Å². The van der Waals surface area contributed by atoms with Gasteiger partial charge >= 0.3 is 0 Å². The fraction of sp³-hybridized carbons (Fsp3) is 0.364. The van der Waals surface area contributed by atoms with E-state index < -0.39 is 0 Å². The Morgan fingerprint density at radius 3 is 2.47 bits per heavy atom. The van der Waals surface area contributed by atoms with Crippen LogP contribution in [0.2, 0.25) is 0 Å². The Kier molecular flexibility index (Phi) is 2.49. The van der Waals surface area contributed by atoms with Crippen LogP contribution in [0.25, 0.3) is 0 Å². The van der Waals surface area contributed by atoms with E-state index >= 15 is 0 Å². The number of carbonyl (C=O) groups excluding carboxylic acids is 1. The summed E-state index contributed by atoms with van der Waals surface area (Å²) >= 11 is 0. The average molecular weight is 205 g/mol. The van der Waals surface area contributed by atoms with Crippen LogP contribution in [0.1, 0.15) is 0 Å². The number of anilines is 2. The van der Waals surface area contributed by atoms with Crippen molar-refractivity contribution in [3.63, 3.8) is 0 Å². The lowest BCUT2D eigenvalue weighted by Crippen LogP contribution is -2.48. The van der Waals surface area contributed by atoms with Crippen molar-refractivity contribution in [2.75, 3.05) is 37.3 Å². The number of hydrogen-bond acceptors (Lipinski definition) is 3. The minimum absolute atomic E-state index is 0.165. The van der Waals surface area contributed by atoms with E-state index in [0.717, 1.165) is 24.5 Å². The summed E-state index contributed by atoms with van der Waals surface area (Å²) in [5.74, 6) is 0.165. The lowest BCUT2D eigenvalue weighted by molar-refractivity contribution is -0.129. The fourth-order valence-corrected chi connectivity index (χ4v) is 1.66. The van der Waals surface area contributed by atoms with Gasteiger partial charge in [-0.05, 0) is 24.3 Å². The van der Waals surface area contributed by atoms with Crippen molar-refractivity contribution >= 4 is 17.3 Å². The largest absolute Gasteiger partial charge is 0.399 e. The molecule has 0 aliphatic carbocycles. The molecule has 1 heterocycles. The molecule has 1 fully saturated rings. The van der Waals surface area contributed by atoms with Crippen LogP contribution in [-0.2, 0) is 4.79 Å². The smallest absolute Gasteiger partial charge is 0.241 e. The third kappa shape index (κ3) is 2.03. The minimum atomic E-state index is 0.165. The number of rotatable bonds is 1. The summed E-state index contributed by atoms with van der Waals surface area (Å²) in [5.41, 5.74) is 7.42. The lowest BCUT2D eigenvalue weighted by atomic mass is 10.2. The molecule has 0 aromatic heterocycles. The number of hydrogen-bond donors (Lipinski definition) is 1. The molecule has 2 N–H and O–H groups in total. The highest BCUT2D eigenvalue weighted by molar-refractivity contribution is 5.82. The third-order valence-corrected chi connectivity index (χ3v) is 2.72. The summed E-state index contributed by atoms with van der Waals surface area (Å²) in [7, 11) is 1.84. The zero-order valence-electron chi connectivity index (χ0n) is 8.81. The predicted octanol–water partition coefficient (Wildman–Crippen LogP) is 0.547. The van der Waals surface area contributed by atoms with Crippen LogP contribution in [0.5, 0.6) is 0 Å². The first-order chi connectivity index (χ1) is 7.16. The molecule has 80 valence electrons. The molecular formula is C11H15N3O. The summed E-state index contributed by atoms with van der Waals surface area (Å²) in [4.78, 5) is 15.3. The quantitative estimate of drug-likeness (QED) is 0.681. The number of benzene rings is 1. The molecule has 0 spiro atoms. The van der Waals surface area contributed by atoms with Gasteiger partial charge in [-0.3, -0.25) is 4.79 Å². The van der Waals surface area contributed by atoms with E-state index in [2.05, 4.69) is 4.90 Å². The highest BCUT2D eigenvalue weighted by Crippen LogP contribution is 2.17. The number of carbonyl (C=O) groups is 1. The summed E-state index contributed by atoms with van der Waals surface area (Å²) < 4.78 is 0. The van der Waals surface area contributed by atoms with Crippen molar-refractivity contribution in [2.45, 2.75) is 0 Å². The highest BCUT2D eigenvalue weighted by atomic mass is 16.2. The van der Waals surface area contributed by atoms with E-state index in [-0.39, 0.29) is 5.91 Å². The molecule has 1 aliphatic rings. The molecule has 4 nitrogen and oxygen atoms in total. The van der Waals surface area contributed by atoms with Gasteiger partial charge in [-0.15, -0.1) is 0 Å². The molecule has 0 radical (unpaired) electrons. The van der Waals surface area contributed by atoms with Crippen LogP contribution in [0, 0.1) is 0 Å². The van der Waals surface area contributed by atoms with E-state index in [1.807, 2.05) is 31.3 Å². The van der Waals surface area contributed by atoms with Gasteiger partial charge in [0.2, 0.25) is 5.91 Å². The molecule has 2 rings (SSSR count). The fourth-order valence-electron chi connectivity index (χ4n) is 1.66. The Labute approximate surface area is 89.3 Å². The van der Waals surface area contributed by atoms with Gasteiger partial charge < -0.3 is 15.5 Å². The molecule has 0 unspecified atom stereocenters. The van der Waals surface area contributed by atoms with Crippen molar-refractivity contribution in [3.8, 4) is 0 Å². The average Bonchev–Trinajstić information content (AvgIpc) is 2.23. The lowest BCUT2D eigenvalue weighted by Gasteiger charge is -2.33. The van der Waals surface area contributed by atoms with Crippen LogP contribution in [0.15, 0.2) is 24.3 Å². The van der Waals surface area contributed by atoms with E-state index in [1.54, 1.807) is 4.90 Å². The maximum Gasteiger partial charge on any atom is 0.241 e. The second-order valence-electron chi connectivity index (χ2n) is 3.83. The standard InChI is InChI=1S/C11H15N3O/c1-13-6-7-14(8-11(13)15)10-4-2-9(12)3-5-10/h2-5H,6-8,12H2,1H3. The maximum atomic E-state index is 11.5. The van der Waals surface area contributed by atoms with Gasteiger partial charge in [0.15, 0.2) is 0 Å². The predicted molar refractivity (Wildman–Crippen MR) is 60.7 cm³/mol. The van der Waals surface area contributed by atoms with E-state index in [9.17, 15) is 4.79 Å². The van der Waals surface area contributed by atoms with Gasteiger partial charge in [-0.1, -0.05) is 0 Å². The SMILES string of the molecule is CN1CCN(c2ccc(N)cc2)CC1=O. The monoisotopic (exact) mass is 205 g/mol. The molecule has 15 heavy (non-hydrogen) atoms. The molecule has 1 aromatic rings. The molecular weight excluding hydrogens is 190 g/mol. The van der Waals surface area contributed by atoms with Crippen molar-refractivity contribution < 1.29 is 4.79 Å². The van der Waals surface area contributed by atoms with Gasteiger partial charge in [0.05, 0.1) is 6.54 Å². The first-order valence-electron chi connectivity index (χ1n) is 5.01. The van der Waals surface area contributed by atoms with Gasteiger partial charge in [-0.25, -0.2) is 0 Å². The molecule has 0 bridgehead atoms. The van der Waals surface area contributed by atoms with Crippen molar-refractivity contribution in [1.29, 1.82) is 0 Å². The Balaban J connectivity index is 2.12. The zero-order valence-corrected chi connectivity index (χ0v) is 8.81. The second kappa shape index (κ2) is 3.81. The van der Waals surface area contributed by atoms with Crippen LogP contribution >= 0.6 is 0 Å². The second-order valence-corrected chi connectivity index (χ2v) is 3.83. The van der Waals surface area contributed by atoms with Gasteiger partial charge in [-0.2, -0.15) is 0 Å². The van der Waals surface area contributed by atoms with E-state index in [4.69, 9.17) is 5.73 Å². The molecule has 1 amide bonds. The Morgan fingerprint density at radius 2 is 1.87 bits per heavy atom. The van der Waals surface area contributed by atoms with E-state index in [1.165, 1.54) is 0 Å². The topological polar surface area (TPSA) is 49.6 Å². The number of nitrogen functional groups attached to an aromatic ring is 1. The maximum absolute atomic E-state index is 11.5. The summed E-state index contributed by atoms with van der Waals surface area (Å²) in [5, 5.41) is 0. The number of piperazine rings is 1. The summed E-state index contributed by atoms with van der Waals surface area (Å²) in [6.45, 7) is 2.12. The molecule has 0 saturated carbocycles. The number of likely N-dealkylation sites (N-methyl/N-ethyl adjacent to an activating group) is 1. The van der Waals surface area contributed by atoms with Crippen molar-refractivity contribution in [3.05, 3.63) is 24.3 Å². The van der Waals surface area contributed by atoms with Crippen molar-refractivity contribution in [2.24, 2.45) is 0 Å². The van der Waals surface area contributed by atoms with Crippen LogP contribution in [0.3, 0.4) is 0 Å². The number of nitrogens with zero attached hydrogens (tertiary/aromatic N) is 2.